The molecule has 1 aromatic carbocycles. The maximum atomic E-state index is 9.41. The molecule has 1 aliphatic rings. The van der Waals surface area contributed by atoms with E-state index in [1.54, 1.807) is 18.5 Å². The van der Waals surface area contributed by atoms with E-state index in [-0.39, 0.29) is 11.8 Å². The smallest absolute Gasteiger partial charge is 0.146 e. The van der Waals surface area contributed by atoms with E-state index in [0.29, 0.717) is 13.2 Å². The molecule has 2 heterocycles. The number of rotatable bonds is 4. The van der Waals surface area contributed by atoms with Crippen molar-refractivity contribution in [2.75, 3.05) is 6.61 Å². The highest BCUT2D eigenvalue weighted by Gasteiger charge is 2.24. The molecule has 0 radical (unpaired) electrons. The maximum absolute atomic E-state index is 9.41. The van der Waals surface area contributed by atoms with Crippen LogP contribution in [0.5, 0.6) is 11.5 Å². The number of aromatic hydroxyl groups is 1. The number of nitrogens with zero attached hydrogens (tertiary/aromatic N) is 3. The fourth-order valence-electron chi connectivity index (χ4n) is 2.26. The Hall–Kier alpha value is -2.08. The van der Waals surface area contributed by atoms with Gasteiger partial charge < -0.3 is 14.4 Å². The van der Waals surface area contributed by atoms with Crippen molar-refractivity contribution in [1.82, 2.24) is 20.1 Å². The number of hydrogen-bond donors (Lipinski definition) is 2. The third-order valence-electron chi connectivity index (χ3n) is 3.32. The maximum Gasteiger partial charge on any atom is 0.146 e. The monoisotopic (exact) mass is 260 g/mol. The van der Waals surface area contributed by atoms with Crippen molar-refractivity contribution in [2.24, 2.45) is 0 Å². The largest absolute Gasteiger partial charge is 0.508 e. The van der Waals surface area contributed by atoms with Gasteiger partial charge in [0.15, 0.2) is 0 Å². The Kier molecular flexibility index (Phi) is 3.08. The summed E-state index contributed by atoms with van der Waals surface area (Å²) < 4.78 is 7.55. The molecule has 100 valence electrons. The van der Waals surface area contributed by atoms with E-state index in [4.69, 9.17) is 4.74 Å². The summed E-state index contributed by atoms with van der Waals surface area (Å²) in [5.41, 5.74) is 1.07. The standard InChI is InChI=1S/C13H16N4O2/c1-2-17-8-15-16-13(17)6-14-11-7-19-12-5-9(18)3-4-10(11)12/h3-5,8,11,14,18H,2,6-7H2,1H3. The van der Waals surface area contributed by atoms with Crippen LogP contribution in [-0.4, -0.2) is 26.5 Å². The van der Waals surface area contributed by atoms with E-state index >= 15 is 0 Å². The molecule has 1 aliphatic heterocycles. The molecular formula is C13H16N4O2. The number of aryl methyl sites for hydroxylation is 1. The number of benzene rings is 1. The van der Waals surface area contributed by atoms with Gasteiger partial charge in [-0.15, -0.1) is 10.2 Å². The Morgan fingerprint density at radius 1 is 1.53 bits per heavy atom. The minimum absolute atomic E-state index is 0.123. The molecule has 6 nitrogen and oxygen atoms in total. The van der Waals surface area contributed by atoms with E-state index in [0.717, 1.165) is 23.7 Å². The fourth-order valence-corrected chi connectivity index (χ4v) is 2.26. The predicted octanol–water partition coefficient (Wildman–Crippen LogP) is 1.23. The van der Waals surface area contributed by atoms with Crippen LogP contribution in [0.1, 0.15) is 24.4 Å². The first-order valence-corrected chi connectivity index (χ1v) is 6.33. The molecule has 19 heavy (non-hydrogen) atoms. The highest BCUT2D eigenvalue weighted by molar-refractivity contribution is 5.44. The topological polar surface area (TPSA) is 72.2 Å². The number of aromatic nitrogens is 3. The SMILES string of the molecule is CCn1cnnc1CNC1COc2cc(O)ccc21. The minimum atomic E-state index is 0.123. The van der Waals surface area contributed by atoms with E-state index < -0.39 is 0 Å². The van der Waals surface area contributed by atoms with Gasteiger partial charge >= 0.3 is 0 Å². The zero-order chi connectivity index (χ0) is 13.2. The number of phenolic OH excluding ortho intramolecular Hbond substituents is 1. The number of fused-ring (bicyclic) bond motifs is 1. The zero-order valence-electron chi connectivity index (χ0n) is 10.7. The average Bonchev–Trinajstić information content (AvgIpc) is 3.01. The summed E-state index contributed by atoms with van der Waals surface area (Å²) in [7, 11) is 0. The van der Waals surface area contributed by atoms with Crippen molar-refractivity contribution < 1.29 is 9.84 Å². The van der Waals surface area contributed by atoms with Gasteiger partial charge in [0.25, 0.3) is 0 Å². The van der Waals surface area contributed by atoms with Crippen LogP contribution < -0.4 is 10.1 Å². The van der Waals surface area contributed by atoms with Crippen LogP contribution in [0, 0.1) is 0 Å². The quantitative estimate of drug-likeness (QED) is 0.865. The first-order chi connectivity index (χ1) is 9.28. The third kappa shape index (κ3) is 2.26. The second-order valence-corrected chi connectivity index (χ2v) is 4.50. The van der Waals surface area contributed by atoms with E-state index in [9.17, 15) is 5.11 Å². The Morgan fingerprint density at radius 2 is 2.42 bits per heavy atom. The van der Waals surface area contributed by atoms with Gasteiger partial charge in [0.2, 0.25) is 0 Å². The van der Waals surface area contributed by atoms with Crippen molar-refractivity contribution in [1.29, 1.82) is 0 Å². The zero-order valence-corrected chi connectivity index (χ0v) is 10.7. The lowest BCUT2D eigenvalue weighted by Gasteiger charge is -2.11. The molecule has 2 aromatic rings. The van der Waals surface area contributed by atoms with Gasteiger partial charge in [-0.05, 0) is 19.1 Å². The molecule has 1 unspecified atom stereocenters. The van der Waals surface area contributed by atoms with Crippen LogP contribution in [0.2, 0.25) is 0 Å². The van der Waals surface area contributed by atoms with Gasteiger partial charge in [-0.25, -0.2) is 0 Å². The van der Waals surface area contributed by atoms with Crippen LogP contribution in [0.4, 0.5) is 0 Å². The number of hydrogen-bond acceptors (Lipinski definition) is 5. The summed E-state index contributed by atoms with van der Waals surface area (Å²) in [4.78, 5) is 0. The van der Waals surface area contributed by atoms with Crippen LogP contribution in [0.3, 0.4) is 0 Å². The molecule has 1 aromatic heterocycles. The first-order valence-electron chi connectivity index (χ1n) is 6.33. The molecule has 6 heteroatoms. The molecule has 0 spiro atoms. The van der Waals surface area contributed by atoms with E-state index in [1.165, 1.54) is 0 Å². The summed E-state index contributed by atoms with van der Waals surface area (Å²) in [5.74, 6) is 1.88. The van der Waals surface area contributed by atoms with Crippen molar-refractivity contribution >= 4 is 0 Å². The molecular weight excluding hydrogens is 244 g/mol. The average molecular weight is 260 g/mol. The van der Waals surface area contributed by atoms with E-state index in [2.05, 4.69) is 22.4 Å². The fraction of sp³-hybridized carbons (Fsp3) is 0.385. The molecule has 2 N–H and O–H groups in total. The summed E-state index contributed by atoms with van der Waals surface area (Å²) in [6.45, 7) is 4.13. The minimum Gasteiger partial charge on any atom is -0.508 e. The van der Waals surface area contributed by atoms with Gasteiger partial charge in [0.1, 0.15) is 30.3 Å². The Labute approximate surface area is 111 Å². The Balaban J connectivity index is 1.70. The second-order valence-electron chi connectivity index (χ2n) is 4.50. The van der Waals surface area contributed by atoms with Crippen LogP contribution in [-0.2, 0) is 13.1 Å². The third-order valence-corrected chi connectivity index (χ3v) is 3.32. The van der Waals surface area contributed by atoms with Crippen LogP contribution >= 0.6 is 0 Å². The van der Waals surface area contributed by atoms with Gasteiger partial charge in [0, 0.05) is 18.2 Å². The van der Waals surface area contributed by atoms with Crippen molar-refractivity contribution in [3.05, 3.63) is 35.9 Å². The molecule has 0 bridgehead atoms. The molecule has 0 fully saturated rings. The number of nitrogens with one attached hydrogen (secondary N) is 1. The number of ether oxygens (including phenoxy) is 1. The van der Waals surface area contributed by atoms with E-state index in [1.807, 2.05) is 10.6 Å². The summed E-state index contributed by atoms with van der Waals surface area (Å²) in [6.07, 6.45) is 1.73. The second kappa shape index (κ2) is 4.89. The van der Waals surface area contributed by atoms with Crippen molar-refractivity contribution in [2.45, 2.75) is 26.1 Å². The lowest BCUT2D eigenvalue weighted by Crippen LogP contribution is -2.23. The highest BCUT2D eigenvalue weighted by Crippen LogP contribution is 2.34. The molecule has 0 saturated heterocycles. The molecule has 3 rings (SSSR count). The summed E-state index contributed by atoms with van der Waals surface area (Å²) in [6, 6.07) is 5.33. The van der Waals surface area contributed by atoms with Crippen LogP contribution in [0.25, 0.3) is 0 Å². The van der Waals surface area contributed by atoms with Gasteiger partial charge in [-0.1, -0.05) is 0 Å². The van der Waals surface area contributed by atoms with Gasteiger partial charge in [-0.2, -0.15) is 0 Å². The van der Waals surface area contributed by atoms with Gasteiger partial charge in [-0.3, -0.25) is 5.32 Å². The Bertz CT molecular complexity index is 582. The number of phenols is 1. The van der Waals surface area contributed by atoms with Gasteiger partial charge in [0.05, 0.1) is 12.6 Å². The molecule has 0 saturated carbocycles. The summed E-state index contributed by atoms with van der Waals surface area (Å²) in [5, 5.41) is 20.8. The summed E-state index contributed by atoms with van der Waals surface area (Å²) >= 11 is 0. The lowest BCUT2D eigenvalue weighted by atomic mass is 10.1. The van der Waals surface area contributed by atoms with Crippen LogP contribution in [0.15, 0.2) is 24.5 Å². The van der Waals surface area contributed by atoms with Crippen molar-refractivity contribution in [3.63, 3.8) is 0 Å². The highest BCUT2D eigenvalue weighted by atomic mass is 16.5. The lowest BCUT2D eigenvalue weighted by molar-refractivity contribution is 0.308. The first kappa shape index (κ1) is 12.0. The molecule has 1 atom stereocenters. The predicted molar refractivity (Wildman–Crippen MR) is 68.9 cm³/mol. The van der Waals surface area contributed by atoms with Crippen molar-refractivity contribution in [3.8, 4) is 11.5 Å². The Morgan fingerprint density at radius 3 is 3.26 bits per heavy atom. The normalized spacial score (nSPS) is 17.2. The molecule has 0 aliphatic carbocycles. The molecule has 0 amide bonds.